The van der Waals surface area contributed by atoms with Crippen LogP contribution in [-0.2, 0) is 10.5 Å². The molecule has 0 aromatic heterocycles. The Morgan fingerprint density at radius 2 is 1.95 bits per heavy atom. The minimum Gasteiger partial charge on any atom is -0.453 e. The Kier molecular flexibility index (Phi) is 2.95. The number of nitrogens with zero attached hydrogens (tertiary/aromatic N) is 1. The number of halogens is 1. The minimum atomic E-state index is -0.460. The van der Waals surface area contributed by atoms with Crippen LogP contribution in [0.3, 0.4) is 0 Å². The number of benzene rings is 2. The van der Waals surface area contributed by atoms with Crippen LogP contribution in [0.15, 0.2) is 48.5 Å². The van der Waals surface area contributed by atoms with Crippen LogP contribution in [0.1, 0.15) is 24.0 Å². The molecule has 2 aromatic carbocycles. The average Bonchev–Trinajstić information content (AvgIpc) is 3.03. The van der Waals surface area contributed by atoms with Crippen molar-refractivity contribution in [2.24, 2.45) is 0 Å². The molecule has 2 heterocycles. The first-order chi connectivity index (χ1) is 10.2. The summed E-state index contributed by atoms with van der Waals surface area (Å²) in [5.74, 6) is 0. The van der Waals surface area contributed by atoms with Gasteiger partial charge in [0.2, 0.25) is 5.72 Å². The first-order valence-electron chi connectivity index (χ1n) is 7.07. The zero-order chi connectivity index (χ0) is 14.4. The summed E-state index contributed by atoms with van der Waals surface area (Å²) in [6.45, 7) is 0.967. The molecule has 2 aliphatic rings. The van der Waals surface area contributed by atoms with Crippen LogP contribution >= 0.6 is 23.8 Å². The van der Waals surface area contributed by atoms with Crippen molar-refractivity contribution in [1.82, 2.24) is 0 Å². The van der Waals surface area contributed by atoms with Gasteiger partial charge in [0, 0.05) is 34.8 Å². The first kappa shape index (κ1) is 13.1. The van der Waals surface area contributed by atoms with Crippen molar-refractivity contribution in [2.75, 3.05) is 11.4 Å². The molecule has 4 rings (SSSR count). The predicted molar refractivity (Wildman–Crippen MR) is 88.9 cm³/mol. The summed E-state index contributed by atoms with van der Waals surface area (Å²) in [6, 6.07) is 16.3. The molecule has 1 unspecified atom stereocenters. The van der Waals surface area contributed by atoms with Crippen molar-refractivity contribution in [3.63, 3.8) is 0 Å². The van der Waals surface area contributed by atoms with Crippen molar-refractivity contribution >= 4 is 34.6 Å². The van der Waals surface area contributed by atoms with Gasteiger partial charge in [-0.1, -0.05) is 35.9 Å². The lowest BCUT2D eigenvalue weighted by molar-refractivity contribution is 0.0829. The van der Waals surface area contributed by atoms with E-state index in [1.54, 1.807) is 0 Å². The molecule has 0 saturated carbocycles. The Labute approximate surface area is 134 Å². The zero-order valence-corrected chi connectivity index (χ0v) is 13.0. The van der Waals surface area contributed by atoms with E-state index in [0.717, 1.165) is 30.5 Å². The summed E-state index contributed by atoms with van der Waals surface area (Å²) in [5, 5.41) is 1.25. The van der Waals surface area contributed by atoms with Crippen LogP contribution in [0.2, 0.25) is 5.02 Å². The molecule has 106 valence electrons. The van der Waals surface area contributed by atoms with Crippen molar-refractivity contribution in [2.45, 2.75) is 18.6 Å². The fraction of sp³-hybridized carbons (Fsp3) is 0.235. The molecule has 4 heteroatoms. The number of rotatable bonds is 1. The molecule has 2 nitrogen and oxygen atoms in total. The Balaban J connectivity index is 1.87. The van der Waals surface area contributed by atoms with Crippen LogP contribution in [0.25, 0.3) is 0 Å². The Hall–Kier alpha value is -1.58. The monoisotopic (exact) mass is 315 g/mol. The molecule has 2 aliphatic heterocycles. The quantitative estimate of drug-likeness (QED) is 0.719. The second-order valence-electron chi connectivity index (χ2n) is 5.45. The summed E-state index contributed by atoms with van der Waals surface area (Å²) in [7, 11) is 0. The number of hydrogen-bond acceptors (Lipinski definition) is 3. The van der Waals surface area contributed by atoms with Crippen LogP contribution in [0.5, 0.6) is 0 Å². The van der Waals surface area contributed by atoms with E-state index in [1.165, 1.54) is 5.69 Å². The first-order valence-corrected chi connectivity index (χ1v) is 7.85. The van der Waals surface area contributed by atoms with Crippen molar-refractivity contribution in [3.05, 3.63) is 64.7 Å². The summed E-state index contributed by atoms with van der Waals surface area (Å²) in [5.41, 5.74) is 2.80. The molecule has 0 amide bonds. The fourth-order valence-corrected chi connectivity index (χ4v) is 3.89. The third-order valence-corrected chi connectivity index (χ3v) is 4.82. The third-order valence-electron chi connectivity index (χ3n) is 4.29. The highest BCUT2D eigenvalue weighted by molar-refractivity contribution is 7.80. The number of anilines is 1. The number of ether oxygens (including phenoxy) is 1. The Morgan fingerprint density at radius 1 is 1.14 bits per heavy atom. The molecule has 2 aromatic rings. The lowest BCUT2D eigenvalue weighted by atomic mass is 9.97. The number of fused-ring (bicyclic) bond motifs is 2. The van der Waals surface area contributed by atoms with E-state index in [1.807, 2.05) is 18.2 Å². The van der Waals surface area contributed by atoms with Gasteiger partial charge in [0.05, 0.1) is 0 Å². The molecular weight excluding hydrogens is 302 g/mol. The molecule has 0 N–H and O–H groups in total. The predicted octanol–water partition coefficient (Wildman–Crippen LogP) is 4.50. The molecule has 1 spiro atoms. The topological polar surface area (TPSA) is 12.5 Å². The Bertz CT molecular complexity index is 718. The molecule has 1 saturated heterocycles. The SMILES string of the molecule is S=C1OC2(CCCN2c2ccccc2)c2ccc(Cl)cc21. The van der Waals surface area contributed by atoms with E-state index in [4.69, 9.17) is 28.6 Å². The van der Waals surface area contributed by atoms with E-state index >= 15 is 0 Å². The van der Waals surface area contributed by atoms with Gasteiger partial charge in [-0.3, -0.25) is 0 Å². The van der Waals surface area contributed by atoms with Gasteiger partial charge in [0.15, 0.2) is 5.05 Å². The standard InChI is InChI=1S/C17H14ClNOS/c18-12-7-8-15-14(11-12)16(21)20-17(15)9-4-10-19(17)13-5-2-1-3-6-13/h1-3,5-8,11H,4,9-10H2. The van der Waals surface area contributed by atoms with Crippen molar-refractivity contribution < 1.29 is 4.74 Å². The average molecular weight is 316 g/mol. The van der Waals surface area contributed by atoms with Gasteiger partial charge in [-0.15, -0.1) is 0 Å². The fourth-order valence-electron chi connectivity index (χ4n) is 3.41. The van der Waals surface area contributed by atoms with Gasteiger partial charge in [-0.05, 0) is 42.9 Å². The largest absolute Gasteiger partial charge is 0.453 e. The molecule has 0 bridgehead atoms. The van der Waals surface area contributed by atoms with Gasteiger partial charge in [0.25, 0.3) is 0 Å². The van der Waals surface area contributed by atoms with Crippen LogP contribution in [0.4, 0.5) is 5.69 Å². The minimum absolute atomic E-state index is 0.460. The number of hydrogen-bond donors (Lipinski definition) is 0. The normalized spacial score (nSPS) is 23.5. The molecule has 0 aliphatic carbocycles. The lowest BCUT2D eigenvalue weighted by Crippen LogP contribution is -2.41. The maximum atomic E-state index is 6.20. The maximum absolute atomic E-state index is 6.20. The highest BCUT2D eigenvalue weighted by Crippen LogP contribution is 2.49. The second kappa shape index (κ2) is 4.72. The van der Waals surface area contributed by atoms with E-state index in [2.05, 4.69) is 35.2 Å². The van der Waals surface area contributed by atoms with Crippen molar-refractivity contribution in [3.8, 4) is 0 Å². The van der Waals surface area contributed by atoms with Gasteiger partial charge in [0.1, 0.15) is 0 Å². The van der Waals surface area contributed by atoms with E-state index in [-0.39, 0.29) is 0 Å². The van der Waals surface area contributed by atoms with Gasteiger partial charge >= 0.3 is 0 Å². The van der Waals surface area contributed by atoms with E-state index in [0.29, 0.717) is 10.1 Å². The smallest absolute Gasteiger partial charge is 0.211 e. The highest BCUT2D eigenvalue weighted by atomic mass is 35.5. The van der Waals surface area contributed by atoms with Gasteiger partial charge in [-0.2, -0.15) is 0 Å². The molecule has 0 radical (unpaired) electrons. The highest BCUT2D eigenvalue weighted by Gasteiger charge is 2.51. The lowest BCUT2D eigenvalue weighted by Gasteiger charge is -2.36. The van der Waals surface area contributed by atoms with Crippen LogP contribution in [0, 0.1) is 0 Å². The summed E-state index contributed by atoms with van der Waals surface area (Å²) < 4.78 is 6.20. The van der Waals surface area contributed by atoms with E-state index in [9.17, 15) is 0 Å². The molecular formula is C17H14ClNOS. The van der Waals surface area contributed by atoms with Gasteiger partial charge < -0.3 is 9.64 Å². The molecule has 1 fully saturated rings. The summed E-state index contributed by atoms with van der Waals surface area (Å²) in [6.07, 6.45) is 2.02. The summed E-state index contributed by atoms with van der Waals surface area (Å²) in [4.78, 5) is 2.32. The molecule has 1 atom stereocenters. The number of para-hydroxylation sites is 1. The maximum Gasteiger partial charge on any atom is 0.211 e. The second-order valence-corrected chi connectivity index (χ2v) is 6.26. The zero-order valence-electron chi connectivity index (χ0n) is 11.4. The summed E-state index contributed by atoms with van der Waals surface area (Å²) >= 11 is 11.5. The van der Waals surface area contributed by atoms with Crippen LogP contribution in [-0.4, -0.2) is 11.6 Å². The van der Waals surface area contributed by atoms with Gasteiger partial charge in [-0.25, -0.2) is 0 Å². The van der Waals surface area contributed by atoms with E-state index < -0.39 is 5.72 Å². The number of thiocarbonyl (C=S) groups is 1. The molecule has 21 heavy (non-hydrogen) atoms. The van der Waals surface area contributed by atoms with Crippen molar-refractivity contribution in [1.29, 1.82) is 0 Å². The third kappa shape index (κ3) is 1.88. The van der Waals surface area contributed by atoms with Crippen LogP contribution < -0.4 is 4.90 Å². The Morgan fingerprint density at radius 3 is 2.76 bits per heavy atom.